The maximum Gasteiger partial charge on any atom is 0.253 e. The minimum atomic E-state index is -0.266. The second kappa shape index (κ2) is 7.37. The topological polar surface area (TPSA) is 59.8 Å². The number of carbonyl (C=O) groups excluding carboxylic acids is 1. The van der Waals surface area contributed by atoms with E-state index in [9.17, 15) is 9.18 Å². The van der Waals surface area contributed by atoms with E-state index in [1.54, 1.807) is 30.5 Å². The van der Waals surface area contributed by atoms with Crippen LogP contribution in [0, 0.1) is 5.82 Å². The van der Waals surface area contributed by atoms with Crippen LogP contribution in [0.2, 0.25) is 0 Å². The van der Waals surface area contributed by atoms with Crippen molar-refractivity contribution in [2.75, 3.05) is 0 Å². The van der Waals surface area contributed by atoms with E-state index < -0.39 is 0 Å². The fourth-order valence-electron chi connectivity index (χ4n) is 2.97. The quantitative estimate of drug-likeness (QED) is 0.592. The summed E-state index contributed by atoms with van der Waals surface area (Å²) in [5.74, 6) is 0.263. The van der Waals surface area contributed by atoms with Gasteiger partial charge in [0.15, 0.2) is 0 Å². The molecule has 5 nitrogen and oxygen atoms in total. The highest BCUT2D eigenvalue weighted by Crippen LogP contribution is 2.18. The van der Waals surface area contributed by atoms with Crippen LogP contribution in [0.15, 0.2) is 73.1 Å². The van der Waals surface area contributed by atoms with Gasteiger partial charge in [0.25, 0.3) is 5.91 Å². The molecule has 2 heterocycles. The zero-order valence-electron chi connectivity index (χ0n) is 14.5. The van der Waals surface area contributed by atoms with Crippen molar-refractivity contribution in [1.82, 2.24) is 19.9 Å². The summed E-state index contributed by atoms with van der Waals surface area (Å²) in [7, 11) is 0. The number of aromatic nitrogens is 3. The molecule has 0 spiro atoms. The zero-order valence-corrected chi connectivity index (χ0v) is 14.5. The van der Waals surface area contributed by atoms with Crippen LogP contribution in [0.4, 0.5) is 4.39 Å². The van der Waals surface area contributed by atoms with Crippen molar-refractivity contribution in [3.05, 3.63) is 95.8 Å². The Balaban J connectivity index is 1.61. The molecule has 1 N–H and O–H groups in total. The monoisotopic (exact) mass is 360 g/mol. The number of nitrogens with zero attached hydrogens (tertiary/aromatic N) is 3. The number of hydrogen-bond acceptors (Lipinski definition) is 3. The molecule has 2 aromatic heterocycles. The van der Waals surface area contributed by atoms with E-state index in [4.69, 9.17) is 0 Å². The van der Waals surface area contributed by atoms with Crippen molar-refractivity contribution in [3.63, 3.8) is 0 Å². The minimum Gasteiger partial charge on any atom is -0.345 e. The lowest BCUT2D eigenvalue weighted by molar-refractivity contribution is 0.0949. The van der Waals surface area contributed by atoms with Crippen LogP contribution in [0.5, 0.6) is 0 Å². The minimum absolute atomic E-state index is 0.205. The van der Waals surface area contributed by atoms with E-state index in [-0.39, 0.29) is 18.3 Å². The summed E-state index contributed by atoms with van der Waals surface area (Å²) in [5, 5.41) is 2.89. The van der Waals surface area contributed by atoms with Gasteiger partial charge in [-0.25, -0.2) is 9.37 Å². The van der Waals surface area contributed by atoms with Gasteiger partial charge in [0.05, 0.1) is 23.1 Å². The van der Waals surface area contributed by atoms with E-state index in [0.717, 1.165) is 22.4 Å². The van der Waals surface area contributed by atoms with Gasteiger partial charge in [0, 0.05) is 18.9 Å². The number of hydrogen-bond donors (Lipinski definition) is 1. The molecule has 0 radical (unpaired) electrons. The normalized spacial score (nSPS) is 10.9. The van der Waals surface area contributed by atoms with Crippen LogP contribution in [0.1, 0.15) is 21.7 Å². The Morgan fingerprint density at radius 1 is 1.04 bits per heavy atom. The Kier molecular flexibility index (Phi) is 4.61. The predicted molar refractivity (Wildman–Crippen MR) is 101 cm³/mol. The Morgan fingerprint density at radius 3 is 2.63 bits per heavy atom. The first-order chi connectivity index (χ1) is 13.2. The van der Waals surface area contributed by atoms with Gasteiger partial charge in [-0.1, -0.05) is 24.3 Å². The Morgan fingerprint density at radius 2 is 1.85 bits per heavy atom. The summed E-state index contributed by atoms with van der Waals surface area (Å²) >= 11 is 0. The lowest BCUT2D eigenvalue weighted by Gasteiger charge is -2.10. The van der Waals surface area contributed by atoms with Crippen molar-refractivity contribution in [3.8, 4) is 0 Å². The highest BCUT2D eigenvalue weighted by molar-refractivity contribution is 5.93. The molecule has 0 aliphatic rings. The molecule has 4 rings (SSSR count). The van der Waals surface area contributed by atoms with Crippen LogP contribution >= 0.6 is 0 Å². The van der Waals surface area contributed by atoms with Gasteiger partial charge in [-0.3, -0.25) is 9.78 Å². The second-order valence-corrected chi connectivity index (χ2v) is 6.15. The van der Waals surface area contributed by atoms with Crippen molar-refractivity contribution < 1.29 is 9.18 Å². The van der Waals surface area contributed by atoms with Gasteiger partial charge < -0.3 is 9.88 Å². The second-order valence-electron chi connectivity index (χ2n) is 6.15. The largest absolute Gasteiger partial charge is 0.345 e. The molecule has 27 heavy (non-hydrogen) atoms. The average molecular weight is 360 g/mol. The standard InChI is InChI=1S/C21H17FN4O/c22-17-9-7-15(8-10-17)14-26-19-6-2-1-5-18(19)25-20(26)13-24-21(27)16-4-3-11-23-12-16/h1-12H,13-14H2,(H,24,27). The molecular weight excluding hydrogens is 343 g/mol. The molecule has 0 bridgehead atoms. The van der Waals surface area contributed by atoms with Crippen LogP contribution in [0.3, 0.4) is 0 Å². The number of benzene rings is 2. The van der Waals surface area contributed by atoms with Crippen molar-refractivity contribution in [2.24, 2.45) is 0 Å². The molecule has 0 aliphatic heterocycles. The van der Waals surface area contributed by atoms with E-state index in [1.165, 1.54) is 18.3 Å². The number of imidazole rings is 1. The molecule has 0 atom stereocenters. The SMILES string of the molecule is O=C(NCc1nc2ccccc2n1Cc1ccc(F)cc1)c1cccnc1. The van der Waals surface area contributed by atoms with Gasteiger partial charge >= 0.3 is 0 Å². The van der Waals surface area contributed by atoms with Gasteiger partial charge in [-0.15, -0.1) is 0 Å². The third-order valence-corrected chi connectivity index (χ3v) is 4.32. The third kappa shape index (κ3) is 3.69. The van der Waals surface area contributed by atoms with E-state index in [1.807, 2.05) is 28.8 Å². The number of fused-ring (bicyclic) bond motifs is 1. The molecular formula is C21H17FN4O. The Bertz CT molecular complexity index is 1070. The van der Waals surface area contributed by atoms with Gasteiger partial charge in [0.2, 0.25) is 0 Å². The van der Waals surface area contributed by atoms with Crippen LogP contribution in [-0.4, -0.2) is 20.4 Å². The molecule has 0 fully saturated rings. The number of carbonyl (C=O) groups is 1. The number of para-hydroxylation sites is 2. The summed E-state index contributed by atoms with van der Waals surface area (Å²) in [5.41, 5.74) is 3.27. The zero-order chi connectivity index (χ0) is 18.6. The predicted octanol–water partition coefficient (Wildman–Crippen LogP) is 3.55. The van der Waals surface area contributed by atoms with E-state index in [2.05, 4.69) is 15.3 Å². The summed E-state index contributed by atoms with van der Waals surface area (Å²) in [6, 6.07) is 17.6. The maximum atomic E-state index is 13.2. The molecule has 134 valence electrons. The van der Waals surface area contributed by atoms with Crippen molar-refractivity contribution in [1.29, 1.82) is 0 Å². The van der Waals surface area contributed by atoms with Crippen molar-refractivity contribution >= 4 is 16.9 Å². The number of nitrogens with one attached hydrogen (secondary N) is 1. The Labute approximate surface area is 155 Å². The smallest absolute Gasteiger partial charge is 0.253 e. The molecule has 0 unspecified atom stereocenters. The maximum absolute atomic E-state index is 13.2. The summed E-state index contributed by atoms with van der Waals surface area (Å²) in [6.45, 7) is 0.822. The highest BCUT2D eigenvalue weighted by Gasteiger charge is 2.13. The summed E-state index contributed by atoms with van der Waals surface area (Å²) in [4.78, 5) is 20.9. The third-order valence-electron chi connectivity index (χ3n) is 4.32. The highest BCUT2D eigenvalue weighted by atomic mass is 19.1. The van der Waals surface area contributed by atoms with Crippen molar-refractivity contribution in [2.45, 2.75) is 13.1 Å². The Hall–Kier alpha value is -3.54. The fraction of sp³-hybridized carbons (Fsp3) is 0.0952. The van der Waals surface area contributed by atoms with Crippen LogP contribution < -0.4 is 5.32 Å². The average Bonchev–Trinajstić information content (AvgIpc) is 3.06. The van der Waals surface area contributed by atoms with Gasteiger partial charge in [0.1, 0.15) is 11.6 Å². The molecule has 0 aliphatic carbocycles. The number of pyridine rings is 1. The van der Waals surface area contributed by atoms with Gasteiger partial charge in [-0.2, -0.15) is 0 Å². The first-order valence-electron chi connectivity index (χ1n) is 8.57. The summed E-state index contributed by atoms with van der Waals surface area (Å²) < 4.78 is 15.2. The molecule has 6 heteroatoms. The summed E-state index contributed by atoms with van der Waals surface area (Å²) in [6.07, 6.45) is 3.15. The molecule has 2 aromatic carbocycles. The van der Waals surface area contributed by atoms with E-state index >= 15 is 0 Å². The lowest BCUT2D eigenvalue weighted by atomic mass is 10.2. The number of rotatable bonds is 5. The molecule has 0 saturated carbocycles. The first kappa shape index (κ1) is 16.9. The first-order valence-corrected chi connectivity index (χ1v) is 8.57. The van der Waals surface area contributed by atoms with E-state index in [0.29, 0.717) is 12.1 Å². The fourth-order valence-corrected chi connectivity index (χ4v) is 2.97. The molecule has 4 aromatic rings. The molecule has 0 saturated heterocycles. The van der Waals surface area contributed by atoms with Gasteiger partial charge in [-0.05, 0) is 42.0 Å². The number of amides is 1. The number of halogens is 1. The lowest BCUT2D eigenvalue weighted by Crippen LogP contribution is -2.25. The van der Waals surface area contributed by atoms with Crippen LogP contribution in [-0.2, 0) is 13.1 Å². The molecule has 1 amide bonds. The van der Waals surface area contributed by atoms with Crippen LogP contribution in [0.25, 0.3) is 11.0 Å².